The molecule has 0 aromatic rings. The molecule has 0 unspecified atom stereocenters. The van der Waals surface area contributed by atoms with E-state index < -0.39 is 11.7 Å². The van der Waals surface area contributed by atoms with Gasteiger partial charge < -0.3 is 0 Å². The van der Waals surface area contributed by atoms with E-state index in [9.17, 15) is 18.1 Å². The zero-order valence-electron chi connectivity index (χ0n) is 10.8. The Kier molecular flexibility index (Phi) is 4.42. The summed E-state index contributed by atoms with van der Waals surface area (Å²) in [6, 6.07) is 0. The lowest BCUT2D eigenvalue weighted by Crippen LogP contribution is -2.21. The maximum absolute atomic E-state index is 13.1. The van der Waals surface area contributed by atoms with Crippen molar-refractivity contribution in [2.24, 2.45) is 11.1 Å². The van der Waals surface area contributed by atoms with Crippen LogP contribution in [0.3, 0.4) is 0 Å². The van der Waals surface area contributed by atoms with Gasteiger partial charge >= 0.3 is 6.18 Å². The molecule has 0 amide bonds. The van der Waals surface area contributed by atoms with Crippen LogP contribution in [0.5, 0.6) is 0 Å². The van der Waals surface area contributed by atoms with Crippen molar-refractivity contribution >= 4 is 0 Å². The number of hydrogen-bond acceptors (Lipinski definition) is 2. The summed E-state index contributed by atoms with van der Waals surface area (Å²) in [5, 5.41) is 2.71. The number of halogens is 3. The van der Waals surface area contributed by atoms with Crippen molar-refractivity contribution in [1.29, 1.82) is 0 Å². The van der Waals surface area contributed by atoms with Gasteiger partial charge in [0.25, 0.3) is 0 Å². The summed E-state index contributed by atoms with van der Waals surface area (Å²) in [5.41, 5.74) is 0.549. The smallest absolute Gasteiger partial charge is 0.166 e. The predicted molar refractivity (Wildman–Crippen MR) is 67.6 cm³/mol. The zero-order valence-corrected chi connectivity index (χ0v) is 10.8. The van der Waals surface area contributed by atoms with Crippen LogP contribution in [0.1, 0.15) is 44.9 Å². The number of alkyl halides is 3. The molecule has 106 valence electrons. The molecule has 0 N–H and O–H groups in total. The zero-order chi connectivity index (χ0) is 13.9. The lowest BCUT2D eigenvalue weighted by molar-refractivity contribution is -0.0900. The Morgan fingerprint density at radius 1 is 1.16 bits per heavy atom. The molecule has 0 atom stereocenters. The van der Waals surface area contributed by atoms with Gasteiger partial charge in [-0.1, -0.05) is 30.0 Å². The molecule has 0 radical (unpaired) electrons. The molecule has 0 aromatic carbocycles. The Bertz CT molecular complexity index is 403. The molecule has 0 aliphatic heterocycles. The van der Waals surface area contributed by atoms with Crippen LogP contribution >= 0.6 is 0 Å². The number of hydrogen-bond donors (Lipinski definition) is 0. The van der Waals surface area contributed by atoms with Gasteiger partial charge in [-0.3, -0.25) is 0 Å². The Balaban J connectivity index is 2.31. The molecular weight excluding hydrogens is 255 g/mol. The molecule has 2 nitrogen and oxygen atoms in total. The van der Waals surface area contributed by atoms with E-state index in [0.29, 0.717) is 24.0 Å². The van der Waals surface area contributed by atoms with E-state index in [2.05, 4.69) is 5.18 Å². The second kappa shape index (κ2) is 5.88. The summed E-state index contributed by atoms with van der Waals surface area (Å²) in [6.07, 6.45) is 2.71. The van der Waals surface area contributed by atoms with E-state index in [4.69, 9.17) is 0 Å². The fourth-order valence-corrected chi connectivity index (χ4v) is 3.15. The Morgan fingerprint density at radius 2 is 1.84 bits per heavy atom. The third-order valence-electron chi connectivity index (χ3n) is 4.08. The van der Waals surface area contributed by atoms with Crippen molar-refractivity contribution in [3.63, 3.8) is 0 Å². The first-order valence-electron chi connectivity index (χ1n) is 6.81. The first kappa shape index (κ1) is 14.3. The summed E-state index contributed by atoms with van der Waals surface area (Å²) in [5.74, 6) is 0.0763. The van der Waals surface area contributed by atoms with Crippen LogP contribution in [0.15, 0.2) is 28.0 Å². The lowest BCUT2D eigenvalue weighted by atomic mass is 9.77. The molecule has 0 saturated heterocycles. The Labute approximate surface area is 110 Å². The topological polar surface area (TPSA) is 29.4 Å². The van der Waals surface area contributed by atoms with Crippen LogP contribution in [-0.2, 0) is 0 Å². The van der Waals surface area contributed by atoms with E-state index in [1.165, 1.54) is 0 Å². The molecule has 2 aliphatic carbocycles. The Morgan fingerprint density at radius 3 is 2.42 bits per heavy atom. The molecule has 19 heavy (non-hydrogen) atoms. The van der Waals surface area contributed by atoms with Crippen LogP contribution in [0.4, 0.5) is 13.2 Å². The minimum absolute atomic E-state index is 0.0763. The van der Waals surface area contributed by atoms with Crippen molar-refractivity contribution in [2.75, 3.05) is 6.54 Å². The highest BCUT2D eigenvalue weighted by atomic mass is 19.4. The average molecular weight is 273 g/mol. The second-order valence-corrected chi connectivity index (χ2v) is 5.36. The molecule has 0 bridgehead atoms. The molecule has 1 saturated carbocycles. The van der Waals surface area contributed by atoms with Gasteiger partial charge in [-0.15, -0.1) is 0 Å². The Hall–Kier alpha value is -1.13. The van der Waals surface area contributed by atoms with Gasteiger partial charge in [-0.25, -0.2) is 0 Å². The third-order valence-corrected chi connectivity index (χ3v) is 4.08. The second-order valence-electron chi connectivity index (χ2n) is 5.36. The highest BCUT2D eigenvalue weighted by Crippen LogP contribution is 2.42. The first-order chi connectivity index (χ1) is 9.02. The fourth-order valence-electron chi connectivity index (χ4n) is 3.15. The van der Waals surface area contributed by atoms with Gasteiger partial charge in [-0.2, -0.15) is 18.1 Å². The van der Waals surface area contributed by atoms with Gasteiger partial charge in [0, 0.05) is 0 Å². The van der Waals surface area contributed by atoms with Gasteiger partial charge in [0.2, 0.25) is 0 Å². The molecule has 0 aromatic heterocycles. The van der Waals surface area contributed by atoms with Crippen LogP contribution < -0.4 is 0 Å². The summed E-state index contributed by atoms with van der Waals surface area (Å²) in [6.45, 7) is -0.127. The predicted octanol–water partition coefficient (Wildman–Crippen LogP) is 4.91. The van der Waals surface area contributed by atoms with Crippen molar-refractivity contribution in [3.8, 4) is 0 Å². The van der Waals surface area contributed by atoms with Crippen LogP contribution in [0.25, 0.3) is 0 Å². The third kappa shape index (κ3) is 3.45. The maximum Gasteiger partial charge on any atom is 0.416 e. The van der Waals surface area contributed by atoms with Crippen LogP contribution in [-0.4, -0.2) is 12.7 Å². The minimum Gasteiger partial charge on any atom is -0.166 e. The summed E-state index contributed by atoms with van der Waals surface area (Å²) in [7, 11) is 0. The highest BCUT2D eigenvalue weighted by molar-refractivity contribution is 5.38. The average Bonchev–Trinajstić information content (AvgIpc) is 2.39. The normalized spacial score (nSPS) is 22.4. The summed E-state index contributed by atoms with van der Waals surface area (Å²) >= 11 is 0. The maximum atomic E-state index is 13.1. The number of nitroso groups, excluding NO2 is 1. The monoisotopic (exact) mass is 273 g/mol. The van der Waals surface area contributed by atoms with E-state index >= 15 is 0 Å². The molecular formula is C14H18F3NO. The lowest BCUT2D eigenvalue weighted by Gasteiger charge is -2.30. The van der Waals surface area contributed by atoms with E-state index in [-0.39, 0.29) is 12.5 Å². The SMILES string of the molecule is O=NCC1=CC(C(F)(F)F)=C(C2CCCCC2)CC1. The molecule has 2 rings (SSSR count). The van der Waals surface area contributed by atoms with Gasteiger partial charge in [-0.05, 0) is 43.3 Å². The first-order valence-corrected chi connectivity index (χ1v) is 6.81. The van der Waals surface area contributed by atoms with Crippen LogP contribution in [0, 0.1) is 10.8 Å². The summed E-state index contributed by atoms with van der Waals surface area (Å²) in [4.78, 5) is 10.2. The minimum atomic E-state index is -4.32. The largest absolute Gasteiger partial charge is 0.416 e. The quantitative estimate of drug-likeness (QED) is 0.671. The molecule has 5 heteroatoms. The number of allylic oxidation sites excluding steroid dienone is 3. The molecule has 1 fully saturated rings. The van der Waals surface area contributed by atoms with Gasteiger partial charge in [0.05, 0.1) is 5.57 Å². The van der Waals surface area contributed by atoms with Crippen LogP contribution in [0.2, 0.25) is 0 Å². The molecule has 2 aliphatic rings. The van der Waals surface area contributed by atoms with E-state index in [0.717, 1.165) is 38.2 Å². The van der Waals surface area contributed by atoms with Crippen molar-refractivity contribution < 1.29 is 13.2 Å². The summed E-state index contributed by atoms with van der Waals surface area (Å²) < 4.78 is 39.4. The fraction of sp³-hybridized carbons (Fsp3) is 0.714. The molecule has 0 heterocycles. The van der Waals surface area contributed by atoms with Crippen molar-refractivity contribution in [2.45, 2.75) is 51.1 Å². The number of nitrogens with zero attached hydrogens (tertiary/aromatic N) is 1. The standard InChI is InChI=1S/C14H18F3NO/c15-14(16,17)13-8-10(9-18-19)6-7-12(13)11-4-2-1-3-5-11/h8,11H,1-7,9H2. The van der Waals surface area contributed by atoms with E-state index in [1.54, 1.807) is 0 Å². The van der Waals surface area contributed by atoms with E-state index in [1.807, 2.05) is 0 Å². The highest BCUT2D eigenvalue weighted by Gasteiger charge is 2.38. The number of rotatable bonds is 3. The molecule has 0 spiro atoms. The van der Waals surface area contributed by atoms with Crippen molar-refractivity contribution in [1.82, 2.24) is 0 Å². The van der Waals surface area contributed by atoms with Gasteiger partial charge in [0.1, 0.15) is 6.54 Å². The van der Waals surface area contributed by atoms with Crippen molar-refractivity contribution in [3.05, 3.63) is 27.7 Å². The van der Waals surface area contributed by atoms with Gasteiger partial charge in [0.15, 0.2) is 0 Å².